The molecular weight excluding hydrogens is 860 g/mol. The Balaban J connectivity index is 1.09. The Morgan fingerprint density at radius 1 is 1.03 bits per heavy atom. The van der Waals surface area contributed by atoms with Crippen molar-refractivity contribution in [3.8, 4) is 22.9 Å². The molecular formula is C46H61ClN8O8S. The molecule has 346 valence electrons. The number of carboxylic acid groups (broad SMARTS) is 1. The lowest BCUT2D eigenvalue weighted by Crippen LogP contribution is -2.59. The molecule has 5 fully saturated rings. The van der Waals surface area contributed by atoms with Crippen LogP contribution in [0.15, 0.2) is 36.2 Å². The average Bonchev–Trinajstić information content (AvgIpc) is 3.91. The zero-order valence-corrected chi connectivity index (χ0v) is 39.1. The molecule has 5 aliphatic rings. The molecule has 4 N–H and O–H groups in total. The van der Waals surface area contributed by atoms with Gasteiger partial charge < -0.3 is 45.1 Å². The van der Waals surface area contributed by atoms with Gasteiger partial charge in [-0.3, -0.25) is 14.5 Å². The molecule has 18 heteroatoms. The van der Waals surface area contributed by atoms with Crippen LogP contribution in [0.25, 0.3) is 22.3 Å². The van der Waals surface area contributed by atoms with Gasteiger partial charge in [-0.2, -0.15) is 0 Å². The first-order valence-electron chi connectivity index (χ1n) is 22.4. The van der Waals surface area contributed by atoms with Crippen LogP contribution in [-0.4, -0.2) is 142 Å². The Hall–Kier alpha value is -4.71. The van der Waals surface area contributed by atoms with Crippen LogP contribution in [0, 0.1) is 23.2 Å². The van der Waals surface area contributed by atoms with Gasteiger partial charge in [0.1, 0.15) is 58.7 Å². The van der Waals surface area contributed by atoms with Crippen molar-refractivity contribution in [3.05, 3.63) is 41.3 Å². The molecule has 2 aliphatic heterocycles. The van der Waals surface area contributed by atoms with Crippen LogP contribution in [0.4, 0.5) is 9.93 Å². The Labute approximate surface area is 383 Å². The first kappa shape index (κ1) is 45.8. The van der Waals surface area contributed by atoms with Gasteiger partial charge in [-0.25, -0.2) is 19.6 Å². The molecule has 1 aromatic carbocycles. The number of rotatable bonds is 16. The van der Waals surface area contributed by atoms with Gasteiger partial charge in [0, 0.05) is 67.9 Å². The smallest absolute Gasteiger partial charge is 0.408 e. The van der Waals surface area contributed by atoms with Crippen LogP contribution >= 0.6 is 22.9 Å². The number of likely N-dealkylation sites (tertiary alicyclic amines) is 1. The zero-order valence-electron chi connectivity index (χ0n) is 37.5. The van der Waals surface area contributed by atoms with Crippen LogP contribution in [-0.2, 0) is 19.1 Å². The maximum atomic E-state index is 14.8. The Bertz CT molecular complexity index is 2270. The van der Waals surface area contributed by atoms with E-state index >= 15 is 0 Å². The van der Waals surface area contributed by atoms with Crippen molar-refractivity contribution in [1.82, 2.24) is 35.3 Å². The second-order valence-corrected chi connectivity index (χ2v) is 20.8. The number of nitrogens with one attached hydrogen (secondary N) is 3. The standard InChI is InChI=1S/C46H61ClN8O8S/c1-8-28-22-46(28,42(58)59)52-40(56)34-20-30(23-55(34)41(57)39(45(4,5)6)51-44(60)63-29-18-26-17-27(26)19-29)62-36-21-32(33-24-64-43(50-33)48-25(2)3)49-38-31(36)9-10-35(37(38)47)61-16-15-54-13-11-53(7)12-14-54/h8-10,21,24-30,34,39H,1,11-20,22-23H2,2-7H3,(H,48,50)(H,51,60)(H,52,56)(H,58,59)/t26-,27+,28-,29+,30?,34+,39-,46?/m1/s1. The molecule has 3 aromatic rings. The summed E-state index contributed by atoms with van der Waals surface area (Å²) < 4.78 is 18.9. The maximum Gasteiger partial charge on any atom is 0.408 e. The summed E-state index contributed by atoms with van der Waals surface area (Å²) in [7, 11) is 2.12. The van der Waals surface area contributed by atoms with Gasteiger partial charge in [-0.1, -0.05) is 38.4 Å². The summed E-state index contributed by atoms with van der Waals surface area (Å²) >= 11 is 8.58. The number of amides is 3. The van der Waals surface area contributed by atoms with Crippen molar-refractivity contribution in [3.63, 3.8) is 0 Å². The van der Waals surface area contributed by atoms with E-state index < -0.39 is 58.9 Å². The molecule has 4 heterocycles. The van der Waals surface area contributed by atoms with Gasteiger partial charge in [0.05, 0.1) is 17.8 Å². The minimum absolute atomic E-state index is 0.0255. The lowest BCUT2D eigenvalue weighted by Gasteiger charge is -2.35. The fourth-order valence-corrected chi connectivity index (χ4v) is 10.5. The van der Waals surface area contributed by atoms with Gasteiger partial charge in [-0.15, -0.1) is 17.9 Å². The summed E-state index contributed by atoms with van der Waals surface area (Å²) in [6.07, 6.45) is 2.88. The molecule has 64 heavy (non-hydrogen) atoms. The quantitative estimate of drug-likeness (QED) is 0.125. The highest BCUT2D eigenvalue weighted by molar-refractivity contribution is 7.14. The number of nitrogens with zero attached hydrogens (tertiary/aromatic N) is 5. The molecule has 3 amide bonds. The Morgan fingerprint density at radius 2 is 1.77 bits per heavy atom. The van der Waals surface area contributed by atoms with E-state index in [9.17, 15) is 24.3 Å². The number of thiazole rings is 1. The van der Waals surface area contributed by atoms with Gasteiger partial charge in [0.15, 0.2) is 5.13 Å². The van der Waals surface area contributed by atoms with Gasteiger partial charge in [0.2, 0.25) is 11.8 Å². The molecule has 8 atom stereocenters. The second kappa shape index (κ2) is 18.3. The molecule has 2 unspecified atom stereocenters. The molecule has 8 rings (SSSR count). The molecule has 3 saturated carbocycles. The third-order valence-corrected chi connectivity index (χ3v) is 14.4. The predicted molar refractivity (Wildman–Crippen MR) is 245 cm³/mol. The van der Waals surface area contributed by atoms with Crippen molar-refractivity contribution in [2.45, 2.75) is 103 Å². The lowest BCUT2D eigenvalue weighted by atomic mass is 9.85. The average molecular weight is 922 g/mol. The molecule has 0 bridgehead atoms. The molecule has 16 nitrogen and oxygen atoms in total. The largest absolute Gasteiger partial charge is 0.491 e. The third-order valence-electron chi connectivity index (χ3n) is 13.3. The van der Waals surface area contributed by atoms with Crippen molar-refractivity contribution in [1.29, 1.82) is 0 Å². The van der Waals surface area contributed by atoms with Crippen LogP contribution in [0.5, 0.6) is 11.5 Å². The number of ether oxygens (including phenoxy) is 3. The first-order chi connectivity index (χ1) is 30.4. The first-order valence-corrected chi connectivity index (χ1v) is 23.7. The predicted octanol–water partition coefficient (Wildman–Crippen LogP) is 5.89. The highest BCUT2D eigenvalue weighted by Gasteiger charge is 2.61. The van der Waals surface area contributed by atoms with Gasteiger partial charge in [0.25, 0.3) is 0 Å². The van der Waals surface area contributed by atoms with Crippen LogP contribution in [0.2, 0.25) is 5.02 Å². The van der Waals surface area contributed by atoms with E-state index in [1.165, 1.54) is 28.7 Å². The van der Waals surface area contributed by atoms with Crippen LogP contribution in [0.3, 0.4) is 0 Å². The summed E-state index contributed by atoms with van der Waals surface area (Å²) in [6, 6.07) is 3.35. The second-order valence-electron chi connectivity index (χ2n) is 19.6. The Morgan fingerprint density at radius 3 is 2.42 bits per heavy atom. The van der Waals surface area contributed by atoms with E-state index in [4.69, 9.17) is 35.8 Å². The minimum atomic E-state index is -1.53. The molecule has 0 spiro atoms. The molecule has 3 aliphatic carbocycles. The van der Waals surface area contributed by atoms with Crippen molar-refractivity contribution >= 4 is 62.8 Å². The summed E-state index contributed by atoms with van der Waals surface area (Å²) in [5.74, 6) is -0.740. The number of aromatic nitrogens is 2. The summed E-state index contributed by atoms with van der Waals surface area (Å²) in [5, 5.41) is 22.6. The number of fused-ring (bicyclic) bond motifs is 2. The highest BCUT2D eigenvalue weighted by atomic mass is 35.5. The van der Waals surface area contributed by atoms with Crippen molar-refractivity contribution in [2.24, 2.45) is 23.2 Å². The van der Waals surface area contributed by atoms with Crippen molar-refractivity contribution in [2.75, 3.05) is 58.2 Å². The van der Waals surface area contributed by atoms with Crippen molar-refractivity contribution < 1.29 is 38.5 Å². The summed E-state index contributed by atoms with van der Waals surface area (Å²) in [6.45, 7) is 18.4. The number of carboxylic acids is 1. The number of alkyl carbamates (subject to hydrolysis) is 1. The van der Waals surface area contributed by atoms with E-state index in [1.807, 2.05) is 46.1 Å². The molecule has 2 saturated heterocycles. The number of carbonyl (C=O) groups excluding carboxylic acids is 3. The van der Waals surface area contributed by atoms with E-state index in [-0.39, 0.29) is 31.5 Å². The Kier molecular flexibility index (Phi) is 13.1. The highest BCUT2D eigenvalue weighted by Crippen LogP contribution is 2.52. The number of hydrogen-bond acceptors (Lipinski definition) is 13. The van der Waals surface area contributed by atoms with E-state index in [0.717, 1.165) is 50.7 Å². The number of piperazine rings is 1. The minimum Gasteiger partial charge on any atom is -0.491 e. The topological polar surface area (TPSA) is 188 Å². The summed E-state index contributed by atoms with van der Waals surface area (Å²) in [4.78, 5) is 70.9. The maximum absolute atomic E-state index is 14.8. The van der Waals surface area contributed by atoms with Gasteiger partial charge >= 0.3 is 12.1 Å². The molecule has 2 aromatic heterocycles. The summed E-state index contributed by atoms with van der Waals surface area (Å²) in [5.41, 5.74) is -0.808. The fraction of sp³-hybridized carbons (Fsp3) is 0.609. The van der Waals surface area contributed by atoms with Crippen LogP contribution < -0.4 is 25.4 Å². The van der Waals surface area contributed by atoms with Gasteiger partial charge in [-0.05, 0) is 76.0 Å². The SMILES string of the molecule is C=C[C@@H]1CC1(NC(=O)[C@@H]1CC(Oc2cc(-c3csc(NC(C)C)n3)nc3c(Cl)c(OCCN4CCN(C)CC4)ccc23)CN1C(=O)[C@@H](NC(=O)O[C@@H]1C[C@@H]2C[C@@H]2C1)C(C)(C)C)C(=O)O. The lowest BCUT2D eigenvalue weighted by molar-refractivity contribution is -0.146. The zero-order chi connectivity index (χ0) is 45.7. The number of pyridine rings is 1. The van der Waals surface area contributed by atoms with E-state index in [1.54, 1.807) is 12.1 Å². The van der Waals surface area contributed by atoms with E-state index in [0.29, 0.717) is 57.3 Å². The fourth-order valence-electron chi connectivity index (χ4n) is 9.36. The molecule has 0 radical (unpaired) electrons. The number of halogens is 1. The number of anilines is 1. The number of hydrogen-bond donors (Lipinski definition) is 4. The normalized spacial score (nSPS) is 27.2. The number of likely N-dealkylation sites (N-methyl/N-ethyl adjacent to an activating group) is 1. The van der Waals surface area contributed by atoms with E-state index in [2.05, 4.69) is 39.4 Å². The third kappa shape index (κ3) is 9.92. The monoisotopic (exact) mass is 920 g/mol. The van der Waals surface area contributed by atoms with Crippen LogP contribution in [0.1, 0.15) is 66.7 Å². The number of carbonyl (C=O) groups is 4. The number of benzene rings is 1. The number of aliphatic carboxylic acids is 1.